The topological polar surface area (TPSA) is 47.6 Å². The highest BCUT2D eigenvalue weighted by Gasteiger charge is 1.87. The van der Waals surface area contributed by atoms with Gasteiger partial charge in [-0.05, 0) is 33.8 Å². The summed E-state index contributed by atoms with van der Waals surface area (Å²) >= 11 is 3.25. The number of rotatable bonds is 2. The summed E-state index contributed by atoms with van der Waals surface area (Å²) in [5.41, 5.74) is 1.12. The lowest BCUT2D eigenvalue weighted by Gasteiger charge is -1.76. The van der Waals surface area contributed by atoms with E-state index in [4.69, 9.17) is 10.5 Å². The van der Waals surface area contributed by atoms with Crippen molar-refractivity contribution in [3.8, 4) is 12.1 Å². The minimum atomic E-state index is 0.545. The van der Waals surface area contributed by atoms with Crippen molar-refractivity contribution < 1.29 is 0 Å². The molecule has 0 aliphatic heterocycles. The first kappa shape index (κ1) is 12.4. The molecule has 0 atom stereocenters. The molecule has 0 saturated carbocycles. The van der Waals surface area contributed by atoms with E-state index < -0.39 is 0 Å². The zero-order valence-electron chi connectivity index (χ0n) is 8.59. The summed E-state index contributed by atoms with van der Waals surface area (Å²) in [6, 6.07) is 10.0. The highest BCUT2D eigenvalue weighted by molar-refractivity contribution is 7.09. The van der Waals surface area contributed by atoms with E-state index in [9.17, 15) is 0 Å². The predicted molar refractivity (Wildman–Crippen MR) is 67.3 cm³/mol. The van der Waals surface area contributed by atoms with E-state index in [-0.39, 0.29) is 0 Å². The summed E-state index contributed by atoms with van der Waals surface area (Å²) in [7, 11) is 0. The third-order valence-corrected chi connectivity index (χ3v) is 3.31. The van der Waals surface area contributed by atoms with Crippen molar-refractivity contribution in [2.75, 3.05) is 0 Å². The maximum Gasteiger partial charge on any atom is 0.0695 e. The molecule has 80 valence electrons. The first-order chi connectivity index (χ1) is 7.86. The van der Waals surface area contributed by atoms with E-state index in [1.807, 2.05) is 34.3 Å². The molecule has 4 heteroatoms. The standard InChI is InChI=1S/2C6H5NS/c7-3-1-6-2-4-8-5-6;7-4-3-6-2-1-5-8-6/h2,4-5H,1H2;1-2,5H,3H2. The lowest BCUT2D eigenvalue weighted by Crippen LogP contribution is -1.70. The van der Waals surface area contributed by atoms with Gasteiger partial charge in [-0.15, -0.1) is 11.3 Å². The molecule has 0 N–H and O–H groups in total. The number of hydrogen-bond acceptors (Lipinski definition) is 4. The molecule has 0 aliphatic carbocycles. The molecule has 2 rings (SSSR count). The normalized spacial score (nSPS) is 8.38. The molecule has 2 heterocycles. The van der Waals surface area contributed by atoms with Crippen molar-refractivity contribution in [1.82, 2.24) is 0 Å². The maximum absolute atomic E-state index is 8.19. The van der Waals surface area contributed by atoms with Crippen molar-refractivity contribution in [2.24, 2.45) is 0 Å². The van der Waals surface area contributed by atoms with Gasteiger partial charge in [0.2, 0.25) is 0 Å². The smallest absolute Gasteiger partial charge is 0.0695 e. The number of nitriles is 2. The number of thiophene rings is 2. The Morgan fingerprint density at radius 1 is 1.06 bits per heavy atom. The Bertz CT molecular complexity index is 412. The van der Waals surface area contributed by atoms with Gasteiger partial charge < -0.3 is 0 Å². The Morgan fingerprint density at radius 3 is 2.38 bits per heavy atom. The van der Waals surface area contributed by atoms with Crippen LogP contribution in [0, 0.1) is 22.7 Å². The molecule has 2 nitrogen and oxygen atoms in total. The SMILES string of the molecule is N#CCc1cccs1.N#CCc1ccsc1. The summed E-state index contributed by atoms with van der Waals surface area (Å²) in [6.07, 6.45) is 1.10. The van der Waals surface area contributed by atoms with E-state index in [1.165, 1.54) is 0 Å². The van der Waals surface area contributed by atoms with E-state index in [2.05, 4.69) is 12.1 Å². The van der Waals surface area contributed by atoms with Gasteiger partial charge in [0.1, 0.15) is 0 Å². The van der Waals surface area contributed by atoms with Gasteiger partial charge in [0.15, 0.2) is 0 Å². The molecule has 0 bridgehead atoms. The second-order valence-corrected chi connectivity index (χ2v) is 4.69. The van der Waals surface area contributed by atoms with Crippen molar-refractivity contribution >= 4 is 22.7 Å². The Labute approximate surface area is 103 Å². The second kappa shape index (κ2) is 7.64. The average molecular weight is 246 g/mol. The van der Waals surface area contributed by atoms with Crippen molar-refractivity contribution in [3.63, 3.8) is 0 Å². The van der Waals surface area contributed by atoms with Crippen LogP contribution in [0.2, 0.25) is 0 Å². The van der Waals surface area contributed by atoms with E-state index in [0.29, 0.717) is 12.8 Å². The second-order valence-electron chi connectivity index (χ2n) is 2.88. The summed E-state index contributed by atoms with van der Waals surface area (Å²) in [5, 5.41) is 22.3. The van der Waals surface area contributed by atoms with Crippen LogP contribution in [0.3, 0.4) is 0 Å². The predicted octanol–water partition coefficient (Wildman–Crippen LogP) is 3.63. The van der Waals surface area contributed by atoms with Crippen LogP contribution >= 0.6 is 22.7 Å². The third-order valence-electron chi connectivity index (χ3n) is 1.70. The molecule has 16 heavy (non-hydrogen) atoms. The van der Waals surface area contributed by atoms with Gasteiger partial charge in [-0.3, -0.25) is 0 Å². The zero-order valence-corrected chi connectivity index (χ0v) is 10.2. The lowest BCUT2D eigenvalue weighted by atomic mass is 10.3. The van der Waals surface area contributed by atoms with E-state index in [0.717, 1.165) is 10.4 Å². The molecule has 0 amide bonds. The highest BCUT2D eigenvalue weighted by Crippen LogP contribution is 2.07. The molecule has 0 aliphatic rings. The van der Waals surface area contributed by atoms with Gasteiger partial charge in [-0.25, -0.2) is 0 Å². The van der Waals surface area contributed by atoms with E-state index >= 15 is 0 Å². The number of nitrogens with zero attached hydrogens (tertiary/aromatic N) is 2. The summed E-state index contributed by atoms with van der Waals surface area (Å²) < 4.78 is 0. The summed E-state index contributed by atoms with van der Waals surface area (Å²) in [4.78, 5) is 1.15. The van der Waals surface area contributed by atoms with Gasteiger partial charge >= 0.3 is 0 Å². The Morgan fingerprint density at radius 2 is 1.88 bits per heavy atom. The largest absolute Gasteiger partial charge is 0.198 e. The number of hydrogen-bond donors (Lipinski definition) is 0. The molecule has 0 fully saturated rings. The molecule has 0 unspecified atom stereocenters. The minimum Gasteiger partial charge on any atom is -0.198 e. The van der Waals surface area contributed by atoms with Crippen molar-refractivity contribution in [3.05, 3.63) is 44.8 Å². The van der Waals surface area contributed by atoms with Crippen LogP contribution in [0.25, 0.3) is 0 Å². The first-order valence-corrected chi connectivity index (χ1v) is 6.46. The maximum atomic E-state index is 8.19. The Kier molecular flexibility index (Phi) is 5.95. The van der Waals surface area contributed by atoms with Crippen LogP contribution in [0.15, 0.2) is 34.3 Å². The molecule has 0 spiro atoms. The Balaban J connectivity index is 0.000000160. The quantitative estimate of drug-likeness (QED) is 0.812. The lowest BCUT2D eigenvalue weighted by molar-refractivity contribution is 1.29. The van der Waals surface area contributed by atoms with Crippen molar-refractivity contribution in [2.45, 2.75) is 12.8 Å². The van der Waals surface area contributed by atoms with Crippen LogP contribution in [0.4, 0.5) is 0 Å². The fourth-order valence-electron chi connectivity index (χ4n) is 0.976. The molecular formula is C12H10N2S2. The van der Waals surface area contributed by atoms with Crippen LogP contribution in [0.5, 0.6) is 0 Å². The van der Waals surface area contributed by atoms with Gasteiger partial charge in [0.25, 0.3) is 0 Å². The fraction of sp³-hybridized carbons (Fsp3) is 0.167. The highest BCUT2D eigenvalue weighted by atomic mass is 32.1. The molecule has 2 aromatic rings. The average Bonchev–Trinajstić information content (AvgIpc) is 2.92. The molecular weight excluding hydrogens is 236 g/mol. The fourth-order valence-corrected chi connectivity index (χ4v) is 2.28. The van der Waals surface area contributed by atoms with Crippen molar-refractivity contribution in [1.29, 1.82) is 10.5 Å². The Hall–Kier alpha value is -1.62. The summed E-state index contributed by atoms with van der Waals surface area (Å²) in [5.74, 6) is 0. The summed E-state index contributed by atoms with van der Waals surface area (Å²) in [6.45, 7) is 0. The first-order valence-electron chi connectivity index (χ1n) is 4.64. The van der Waals surface area contributed by atoms with Gasteiger partial charge in [0, 0.05) is 4.88 Å². The monoisotopic (exact) mass is 246 g/mol. The zero-order chi connectivity index (χ0) is 11.6. The third kappa shape index (κ3) is 4.75. The van der Waals surface area contributed by atoms with E-state index in [1.54, 1.807) is 22.7 Å². The van der Waals surface area contributed by atoms with Gasteiger partial charge in [0.05, 0.1) is 25.0 Å². The van der Waals surface area contributed by atoms with Crippen LogP contribution in [-0.4, -0.2) is 0 Å². The molecule has 0 radical (unpaired) electrons. The van der Waals surface area contributed by atoms with Gasteiger partial charge in [-0.1, -0.05) is 6.07 Å². The van der Waals surface area contributed by atoms with Gasteiger partial charge in [-0.2, -0.15) is 21.9 Å². The van der Waals surface area contributed by atoms with Crippen LogP contribution < -0.4 is 0 Å². The molecule has 0 aromatic carbocycles. The van der Waals surface area contributed by atoms with Crippen LogP contribution in [0.1, 0.15) is 10.4 Å². The van der Waals surface area contributed by atoms with Crippen LogP contribution in [-0.2, 0) is 12.8 Å². The minimum absolute atomic E-state index is 0.545. The molecule has 2 aromatic heterocycles. The molecule has 0 saturated heterocycles.